The normalized spacial score (nSPS) is 11.2. The minimum absolute atomic E-state index is 0.0558. The fourth-order valence-electron chi connectivity index (χ4n) is 2.45. The standard InChI is InChI=1S/C19H16F3N3O2/c20-19(21,22)14-5-3-7-15(11-14)24-18(26)25(13-17-8-4-10-27-17)12-16-6-1-2-9-23-16/h1-11H,12-13H2,(H,24,26). The molecule has 2 heterocycles. The Kier molecular flexibility index (Phi) is 5.44. The average molecular weight is 375 g/mol. The number of alkyl halides is 3. The lowest BCUT2D eigenvalue weighted by molar-refractivity contribution is -0.137. The van der Waals surface area contributed by atoms with Gasteiger partial charge in [-0.25, -0.2) is 4.79 Å². The van der Waals surface area contributed by atoms with Crippen molar-refractivity contribution in [3.05, 3.63) is 84.1 Å². The Morgan fingerprint density at radius 2 is 1.93 bits per heavy atom. The maximum Gasteiger partial charge on any atom is 0.416 e. The predicted octanol–water partition coefficient (Wildman–Crippen LogP) is 4.93. The van der Waals surface area contributed by atoms with E-state index in [1.54, 1.807) is 36.5 Å². The number of rotatable bonds is 5. The van der Waals surface area contributed by atoms with Crippen LogP contribution in [-0.4, -0.2) is 15.9 Å². The van der Waals surface area contributed by atoms with E-state index in [1.807, 2.05) is 0 Å². The topological polar surface area (TPSA) is 58.4 Å². The van der Waals surface area contributed by atoms with E-state index in [-0.39, 0.29) is 18.8 Å². The molecule has 2 aromatic heterocycles. The largest absolute Gasteiger partial charge is 0.467 e. The van der Waals surface area contributed by atoms with E-state index in [2.05, 4.69) is 10.3 Å². The number of carbonyl (C=O) groups is 1. The van der Waals surface area contributed by atoms with Gasteiger partial charge in [-0.2, -0.15) is 13.2 Å². The zero-order valence-corrected chi connectivity index (χ0v) is 14.1. The highest BCUT2D eigenvalue weighted by Crippen LogP contribution is 2.30. The Labute approximate surface area is 153 Å². The van der Waals surface area contributed by atoms with Gasteiger partial charge in [-0.15, -0.1) is 0 Å². The fourth-order valence-corrected chi connectivity index (χ4v) is 2.45. The first-order valence-electron chi connectivity index (χ1n) is 8.07. The molecule has 8 heteroatoms. The molecule has 0 atom stereocenters. The van der Waals surface area contributed by atoms with Crippen molar-refractivity contribution in [2.75, 3.05) is 5.32 Å². The molecule has 0 radical (unpaired) electrons. The summed E-state index contributed by atoms with van der Waals surface area (Å²) in [6.07, 6.45) is -1.40. The molecule has 0 saturated heterocycles. The van der Waals surface area contributed by atoms with Gasteiger partial charge in [0.1, 0.15) is 5.76 Å². The average Bonchev–Trinajstić information content (AvgIpc) is 3.15. The molecule has 0 fully saturated rings. The first-order valence-corrected chi connectivity index (χ1v) is 8.07. The number of halogens is 3. The van der Waals surface area contributed by atoms with Crippen molar-refractivity contribution >= 4 is 11.7 Å². The summed E-state index contributed by atoms with van der Waals surface area (Å²) in [5.41, 5.74) is -0.133. The summed E-state index contributed by atoms with van der Waals surface area (Å²) >= 11 is 0. The van der Waals surface area contributed by atoms with E-state index in [9.17, 15) is 18.0 Å². The van der Waals surface area contributed by atoms with Gasteiger partial charge < -0.3 is 14.6 Å². The highest BCUT2D eigenvalue weighted by molar-refractivity contribution is 5.89. The summed E-state index contributed by atoms with van der Waals surface area (Å²) in [6.45, 7) is 0.320. The summed E-state index contributed by atoms with van der Waals surface area (Å²) in [7, 11) is 0. The number of carbonyl (C=O) groups excluding carboxylic acids is 1. The highest BCUT2D eigenvalue weighted by Gasteiger charge is 2.30. The van der Waals surface area contributed by atoms with Crippen LogP contribution in [0.15, 0.2) is 71.5 Å². The van der Waals surface area contributed by atoms with E-state index in [0.29, 0.717) is 11.5 Å². The molecule has 3 rings (SSSR count). The summed E-state index contributed by atoms with van der Waals surface area (Å²) in [5, 5.41) is 2.50. The monoisotopic (exact) mass is 375 g/mol. The van der Waals surface area contributed by atoms with Crippen LogP contribution in [0.25, 0.3) is 0 Å². The molecule has 5 nitrogen and oxygen atoms in total. The molecule has 0 aliphatic heterocycles. The lowest BCUT2D eigenvalue weighted by Gasteiger charge is -2.22. The maximum absolute atomic E-state index is 12.9. The summed E-state index contributed by atoms with van der Waals surface area (Å²) in [5.74, 6) is 0.546. The Hall–Kier alpha value is -3.29. The van der Waals surface area contributed by atoms with Crippen LogP contribution in [0.4, 0.5) is 23.7 Å². The van der Waals surface area contributed by atoms with Crippen molar-refractivity contribution in [3.8, 4) is 0 Å². The molecule has 27 heavy (non-hydrogen) atoms. The molecule has 3 aromatic rings. The van der Waals surface area contributed by atoms with E-state index in [4.69, 9.17) is 4.42 Å². The van der Waals surface area contributed by atoms with Crippen LogP contribution < -0.4 is 5.32 Å². The highest BCUT2D eigenvalue weighted by atomic mass is 19.4. The minimum Gasteiger partial charge on any atom is -0.467 e. The lowest BCUT2D eigenvalue weighted by Crippen LogP contribution is -2.34. The predicted molar refractivity (Wildman–Crippen MR) is 92.7 cm³/mol. The van der Waals surface area contributed by atoms with Crippen LogP contribution in [0.5, 0.6) is 0 Å². The van der Waals surface area contributed by atoms with Crippen molar-refractivity contribution in [2.24, 2.45) is 0 Å². The first-order chi connectivity index (χ1) is 12.9. The third-order valence-electron chi connectivity index (χ3n) is 3.73. The number of benzene rings is 1. The number of hydrogen-bond acceptors (Lipinski definition) is 3. The zero-order chi connectivity index (χ0) is 19.3. The molecule has 0 saturated carbocycles. The zero-order valence-electron chi connectivity index (χ0n) is 14.1. The quantitative estimate of drug-likeness (QED) is 0.688. The molecular formula is C19H16F3N3O2. The number of anilines is 1. The third-order valence-corrected chi connectivity index (χ3v) is 3.73. The van der Waals surface area contributed by atoms with Gasteiger partial charge in [-0.1, -0.05) is 12.1 Å². The molecule has 0 unspecified atom stereocenters. The number of amides is 2. The second-order valence-corrected chi connectivity index (χ2v) is 5.77. The number of aromatic nitrogens is 1. The first kappa shape index (κ1) is 18.5. The van der Waals surface area contributed by atoms with E-state index < -0.39 is 17.8 Å². The summed E-state index contributed by atoms with van der Waals surface area (Å²) in [6, 6.07) is 12.6. The van der Waals surface area contributed by atoms with E-state index in [0.717, 1.165) is 12.1 Å². The number of pyridine rings is 1. The van der Waals surface area contributed by atoms with Crippen LogP contribution >= 0.6 is 0 Å². The van der Waals surface area contributed by atoms with Gasteiger partial charge in [0.25, 0.3) is 0 Å². The summed E-state index contributed by atoms with van der Waals surface area (Å²) < 4.78 is 43.9. The van der Waals surface area contributed by atoms with Crippen molar-refractivity contribution in [1.82, 2.24) is 9.88 Å². The van der Waals surface area contributed by atoms with Crippen LogP contribution in [0.3, 0.4) is 0 Å². The van der Waals surface area contributed by atoms with E-state index >= 15 is 0 Å². The molecule has 140 valence electrons. The van der Waals surface area contributed by atoms with E-state index in [1.165, 1.54) is 23.3 Å². The van der Waals surface area contributed by atoms with Gasteiger partial charge in [-0.3, -0.25) is 4.98 Å². The number of nitrogens with one attached hydrogen (secondary N) is 1. The summed E-state index contributed by atoms with van der Waals surface area (Å²) in [4.78, 5) is 18.3. The van der Waals surface area contributed by atoms with Gasteiger partial charge in [0, 0.05) is 11.9 Å². The third kappa shape index (κ3) is 5.10. The van der Waals surface area contributed by atoms with Gasteiger partial charge in [-0.05, 0) is 42.5 Å². The smallest absolute Gasteiger partial charge is 0.416 e. The number of urea groups is 1. The molecule has 0 aliphatic rings. The van der Waals surface area contributed by atoms with Crippen molar-refractivity contribution < 1.29 is 22.4 Å². The number of hydrogen-bond donors (Lipinski definition) is 1. The molecule has 1 N–H and O–H groups in total. The molecule has 1 aromatic carbocycles. The Bertz CT molecular complexity index is 881. The number of nitrogens with zero attached hydrogens (tertiary/aromatic N) is 2. The van der Waals surface area contributed by atoms with Gasteiger partial charge in [0.15, 0.2) is 0 Å². The SMILES string of the molecule is O=C(Nc1cccc(C(F)(F)F)c1)N(Cc1ccccn1)Cc1ccco1. The Morgan fingerprint density at radius 3 is 2.59 bits per heavy atom. The second kappa shape index (κ2) is 7.94. The second-order valence-electron chi connectivity index (χ2n) is 5.77. The van der Waals surface area contributed by atoms with Gasteiger partial charge in [0.05, 0.1) is 30.6 Å². The molecule has 2 amide bonds. The Morgan fingerprint density at radius 1 is 1.07 bits per heavy atom. The van der Waals surface area contributed by atoms with Crippen molar-refractivity contribution in [1.29, 1.82) is 0 Å². The van der Waals surface area contributed by atoms with Crippen molar-refractivity contribution in [2.45, 2.75) is 19.3 Å². The van der Waals surface area contributed by atoms with Crippen LogP contribution in [0.1, 0.15) is 17.0 Å². The minimum atomic E-state index is -4.48. The van der Waals surface area contributed by atoms with Crippen LogP contribution in [-0.2, 0) is 19.3 Å². The van der Waals surface area contributed by atoms with Gasteiger partial charge >= 0.3 is 12.2 Å². The van der Waals surface area contributed by atoms with Crippen molar-refractivity contribution in [3.63, 3.8) is 0 Å². The molecule has 0 bridgehead atoms. The van der Waals surface area contributed by atoms with Gasteiger partial charge in [0.2, 0.25) is 0 Å². The molecule has 0 aliphatic carbocycles. The van der Waals surface area contributed by atoms with Crippen LogP contribution in [0, 0.1) is 0 Å². The van der Waals surface area contributed by atoms with Crippen LogP contribution in [0.2, 0.25) is 0 Å². The Balaban J connectivity index is 1.78. The fraction of sp³-hybridized carbons (Fsp3) is 0.158. The maximum atomic E-state index is 12.9. The lowest BCUT2D eigenvalue weighted by atomic mass is 10.2. The molecule has 0 spiro atoms. The molecular weight excluding hydrogens is 359 g/mol. The number of furan rings is 1.